The van der Waals surface area contributed by atoms with Gasteiger partial charge >= 0.3 is 0 Å². The van der Waals surface area contributed by atoms with E-state index in [1.54, 1.807) is 0 Å². The van der Waals surface area contributed by atoms with Crippen LogP contribution < -0.4 is 0 Å². The van der Waals surface area contributed by atoms with Crippen molar-refractivity contribution in [2.24, 2.45) is 11.8 Å². The second-order valence-corrected chi connectivity index (χ2v) is 5.84. The molecule has 2 heteroatoms. The molecule has 0 aromatic rings. The van der Waals surface area contributed by atoms with E-state index in [1.807, 2.05) is 0 Å². The Kier molecular flexibility index (Phi) is 4.26. The van der Waals surface area contributed by atoms with Gasteiger partial charge < -0.3 is 9.84 Å². The molecule has 16 heavy (non-hydrogen) atoms. The summed E-state index contributed by atoms with van der Waals surface area (Å²) in [6.45, 7) is 4.07. The summed E-state index contributed by atoms with van der Waals surface area (Å²) in [5.41, 5.74) is -0.340. The highest BCUT2D eigenvalue weighted by Gasteiger charge is 2.35. The van der Waals surface area contributed by atoms with Gasteiger partial charge in [-0.15, -0.1) is 0 Å². The van der Waals surface area contributed by atoms with E-state index in [4.69, 9.17) is 4.74 Å². The number of hydrogen-bond acceptors (Lipinski definition) is 2. The Morgan fingerprint density at radius 3 is 2.25 bits per heavy atom. The highest BCUT2D eigenvalue weighted by atomic mass is 16.5. The lowest BCUT2D eigenvalue weighted by Gasteiger charge is -2.39. The van der Waals surface area contributed by atoms with Gasteiger partial charge in [-0.2, -0.15) is 0 Å². The molecule has 0 radical (unpaired) electrons. The Bertz CT molecular complexity index is 201. The third-order valence-electron chi connectivity index (χ3n) is 4.62. The highest BCUT2D eigenvalue weighted by Crippen LogP contribution is 2.39. The predicted octanol–water partition coefficient (Wildman–Crippen LogP) is 3.13. The van der Waals surface area contributed by atoms with Gasteiger partial charge in [-0.25, -0.2) is 0 Å². The van der Waals surface area contributed by atoms with Crippen molar-refractivity contribution >= 4 is 0 Å². The summed E-state index contributed by atoms with van der Waals surface area (Å²) in [6.07, 6.45) is 9.14. The molecular weight excluding hydrogens is 200 g/mol. The molecule has 94 valence electrons. The molecule has 1 saturated heterocycles. The minimum atomic E-state index is -0.340. The van der Waals surface area contributed by atoms with Crippen molar-refractivity contribution in [1.82, 2.24) is 0 Å². The molecule has 2 aliphatic rings. The Morgan fingerprint density at radius 1 is 1.06 bits per heavy atom. The van der Waals surface area contributed by atoms with E-state index in [-0.39, 0.29) is 5.60 Å². The maximum Gasteiger partial charge on any atom is 0.0650 e. The van der Waals surface area contributed by atoms with E-state index in [0.29, 0.717) is 5.92 Å². The fourth-order valence-corrected chi connectivity index (χ4v) is 3.32. The number of aliphatic hydroxyl groups is 1. The topological polar surface area (TPSA) is 29.5 Å². The molecular formula is C14H26O2. The molecule has 1 N–H and O–H groups in total. The van der Waals surface area contributed by atoms with Gasteiger partial charge in [0.05, 0.1) is 5.60 Å². The largest absolute Gasteiger partial charge is 0.390 e. The van der Waals surface area contributed by atoms with Gasteiger partial charge in [0, 0.05) is 13.2 Å². The van der Waals surface area contributed by atoms with Crippen LogP contribution in [0.4, 0.5) is 0 Å². The Labute approximate surface area is 99.4 Å². The molecule has 0 bridgehead atoms. The van der Waals surface area contributed by atoms with Gasteiger partial charge in [0.25, 0.3) is 0 Å². The van der Waals surface area contributed by atoms with E-state index in [1.165, 1.54) is 19.3 Å². The molecule has 1 aliphatic carbocycles. The first-order valence-corrected chi connectivity index (χ1v) is 7.02. The van der Waals surface area contributed by atoms with Crippen molar-refractivity contribution in [3.8, 4) is 0 Å². The smallest absolute Gasteiger partial charge is 0.0650 e. The molecule has 1 aliphatic heterocycles. The van der Waals surface area contributed by atoms with Crippen molar-refractivity contribution in [2.75, 3.05) is 13.2 Å². The zero-order valence-electron chi connectivity index (χ0n) is 10.6. The quantitative estimate of drug-likeness (QED) is 0.801. The van der Waals surface area contributed by atoms with Crippen LogP contribution in [0, 0.1) is 11.8 Å². The molecule has 2 rings (SSSR count). The molecule has 2 fully saturated rings. The van der Waals surface area contributed by atoms with Crippen molar-refractivity contribution in [1.29, 1.82) is 0 Å². The molecule has 0 aromatic heterocycles. The van der Waals surface area contributed by atoms with Gasteiger partial charge in [0.15, 0.2) is 0 Å². The summed E-state index contributed by atoms with van der Waals surface area (Å²) in [4.78, 5) is 0. The van der Waals surface area contributed by atoms with Crippen LogP contribution >= 0.6 is 0 Å². The SMILES string of the molecule is CCC1CCC(O)(CC2CCOCC2)CC1. The van der Waals surface area contributed by atoms with E-state index in [2.05, 4.69) is 6.92 Å². The molecule has 0 aromatic carbocycles. The number of ether oxygens (including phenoxy) is 1. The fraction of sp³-hybridized carbons (Fsp3) is 1.00. The molecule has 2 nitrogen and oxygen atoms in total. The standard InChI is InChI=1S/C14H26O2/c1-2-12-3-7-14(15,8-4-12)11-13-5-9-16-10-6-13/h12-13,15H,2-11H2,1H3. The van der Waals surface area contributed by atoms with Gasteiger partial charge in [-0.05, 0) is 56.8 Å². The van der Waals surface area contributed by atoms with Crippen LogP contribution in [-0.4, -0.2) is 23.9 Å². The van der Waals surface area contributed by atoms with Crippen LogP contribution in [0.2, 0.25) is 0 Å². The zero-order valence-corrected chi connectivity index (χ0v) is 10.6. The average Bonchev–Trinajstić information content (AvgIpc) is 2.31. The van der Waals surface area contributed by atoms with Gasteiger partial charge in [-0.3, -0.25) is 0 Å². The lowest BCUT2D eigenvalue weighted by atomic mass is 9.73. The lowest BCUT2D eigenvalue weighted by Crippen LogP contribution is -2.37. The molecule has 0 unspecified atom stereocenters. The normalized spacial score (nSPS) is 37.5. The van der Waals surface area contributed by atoms with Crippen molar-refractivity contribution < 1.29 is 9.84 Å². The van der Waals surface area contributed by atoms with Crippen LogP contribution in [0.25, 0.3) is 0 Å². The summed E-state index contributed by atoms with van der Waals surface area (Å²) in [6, 6.07) is 0. The van der Waals surface area contributed by atoms with E-state index < -0.39 is 0 Å². The maximum absolute atomic E-state index is 10.6. The summed E-state index contributed by atoms with van der Waals surface area (Å²) in [7, 11) is 0. The molecule has 0 spiro atoms. The fourth-order valence-electron chi connectivity index (χ4n) is 3.32. The minimum absolute atomic E-state index is 0.340. The first-order chi connectivity index (χ1) is 7.72. The summed E-state index contributed by atoms with van der Waals surface area (Å²) >= 11 is 0. The van der Waals surface area contributed by atoms with Crippen LogP contribution in [0.3, 0.4) is 0 Å². The lowest BCUT2D eigenvalue weighted by molar-refractivity contribution is -0.0449. The van der Waals surface area contributed by atoms with Crippen LogP contribution in [-0.2, 0) is 4.74 Å². The van der Waals surface area contributed by atoms with Gasteiger partial charge in [0.2, 0.25) is 0 Å². The number of hydrogen-bond donors (Lipinski definition) is 1. The molecule has 0 atom stereocenters. The maximum atomic E-state index is 10.6. The van der Waals surface area contributed by atoms with Crippen molar-refractivity contribution in [3.63, 3.8) is 0 Å². The third-order valence-corrected chi connectivity index (χ3v) is 4.62. The Morgan fingerprint density at radius 2 is 1.69 bits per heavy atom. The Hall–Kier alpha value is -0.0800. The predicted molar refractivity (Wildman–Crippen MR) is 65.4 cm³/mol. The van der Waals surface area contributed by atoms with Crippen molar-refractivity contribution in [2.45, 2.75) is 63.9 Å². The van der Waals surface area contributed by atoms with E-state index >= 15 is 0 Å². The van der Waals surface area contributed by atoms with Crippen LogP contribution in [0.15, 0.2) is 0 Å². The zero-order chi connectivity index (χ0) is 11.4. The second kappa shape index (κ2) is 5.50. The summed E-state index contributed by atoms with van der Waals surface area (Å²) in [5, 5.41) is 10.6. The molecule has 1 heterocycles. The van der Waals surface area contributed by atoms with E-state index in [9.17, 15) is 5.11 Å². The van der Waals surface area contributed by atoms with E-state index in [0.717, 1.165) is 51.2 Å². The van der Waals surface area contributed by atoms with Crippen LogP contribution in [0.5, 0.6) is 0 Å². The highest BCUT2D eigenvalue weighted by molar-refractivity contribution is 4.87. The van der Waals surface area contributed by atoms with Crippen LogP contribution in [0.1, 0.15) is 58.3 Å². The third kappa shape index (κ3) is 3.21. The molecule has 1 saturated carbocycles. The number of rotatable bonds is 3. The van der Waals surface area contributed by atoms with Crippen molar-refractivity contribution in [3.05, 3.63) is 0 Å². The van der Waals surface area contributed by atoms with Gasteiger partial charge in [-0.1, -0.05) is 13.3 Å². The Balaban J connectivity index is 1.79. The molecule has 0 amide bonds. The first-order valence-electron chi connectivity index (χ1n) is 7.02. The monoisotopic (exact) mass is 226 g/mol. The first kappa shape index (κ1) is 12.4. The average molecular weight is 226 g/mol. The summed E-state index contributed by atoms with van der Waals surface area (Å²) in [5.74, 6) is 1.58. The second-order valence-electron chi connectivity index (χ2n) is 5.84. The summed E-state index contributed by atoms with van der Waals surface area (Å²) < 4.78 is 5.37. The van der Waals surface area contributed by atoms with Gasteiger partial charge in [0.1, 0.15) is 0 Å². The minimum Gasteiger partial charge on any atom is -0.390 e.